The van der Waals surface area contributed by atoms with Gasteiger partial charge in [0.1, 0.15) is 5.75 Å². The van der Waals surface area contributed by atoms with E-state index in [1.165, 1.54) is 10.4 Å². The van der Waals surface area contributed by atoms with Crippen LogP contribution in [0.3, 0.4) is 0 Å². The van der Waals surface area contributed by atoms with E-state index in [0.29, 0.717) is 55.7 Å². The number of hydrogen-bond acceptors (Lipinski definition) is 7. The fraction of sp³-hybridized carbons (Fsp3) is 0.409. The normalized spacial score (nSPS) is 14.6. The summed E-state index contributed by atoms with van der Waals surface area (Å²) in [6, 6.07) is 10.0. The Morgan fingerprint density at radius 3 is 2.38 bits per heavy atom. The van der Waals surface area contributed by atoms with E-state index in [1.807, 2.05) is 6.07 Å². The van der Waals surface area contributed by atoms with Crippen LogP contribution in [0.25, 0.3) is 0 Å². The number of carbonyl (C=O) groups is 1. The van der Waals surface area contributed by atoms with Crippen molar-refractivity contribution in [2.45, 2.75) is 18.4 Å². The molecule has 1 fully saturated rings. The highest BCUT2D eigenvalue weighted by Gasteiger charge is 2.26. The van der Waals surface area contributed by atoms with Gasteiger partial charge in [-0.3, -0.25) is 4.79 Å². The maximum absolute atomic E-state index is 12.8. The Balaban J connectivity index is 1.56. The minimum Gasteiger partial charge on any atom is -0.493 e. The first kappa shape index (κ1) is 23.8. The lowest BCUT2D eigenvalue weighted by Crippen LogP contribution is -2.40. The number of rotatable bonds is 9. The zero-order valence-corrected chi connectivity index (χ0v) is 19.2. The molecule has 174 valence electrons. The number of aryl methyl sites for hydroxylation is 1. The Hall–Kier alpha value is -2.82. The third kappa shape index (κ3) is 5.70. The van der Waals surface area contributed by atoms with Crippen molar-refractivity contribution in [1.29, 1.82) is 0 Å². The minimum absolute atomic E-state index is 0.191. The fourth-order valence-corrected chi connectivity index (χ4v) is 4.76. The zero-order chi connectivity index (χ0) is 23.1. The van der Waals surface area contributed by atoms with E-state index in [1.54, 1.807) is 45.4 Å². The summed E-state index contributed by atoms with van der Waals surface area (Å²) in [4.78, 5) is 12.4. The Morgan fingerprint density at radius 1 is 1.03 bits per heavy atom. The molecule has 0 aromatic heterocycles. The first-order valence-electron chi connectivity index (χ1n) is 10.1. The van der Waals surface area contributed by atoms with Gasteiger partial charge < -0.3 is 24.3 Å². The number of hydrogen-bond donors (Lipinski definition) is 1. The van der Waals surface area contributed by atoms with E-state index in [9.17, 15) is 13.2 Å². The second-order valence-electron chi connectivity index (χ2n) is 7.20. The van der Waals surface area contributed by atoms with Crippen LogP contribution in [0.1, 0.15) is 11.1 Å². The summed E-state index contributed by atoms with van der Waals surface area (Å²) in [7, 11) is -0.475. The molecule has 0 aliphatic carbocycles. The second-order valence-corrected chi connectivity index (χ2v) is 9.14. The molecule has 1 amide bonds. The largest absolute Gasteiger partial charge is 0.493 e. The third-order valence-electron chi connectivity index (χ3n) is 5.05. The lowest BCUT2D eigenvalue weighted by atomic mass is 10.2. The van der Waals surface area contributed by atoms with Gasteiger partial charge in [-0.05, 0) is 48.4 Å². The average Bonchev–Trinajstić information content (AvgIpc) is 2.82. The van der Waals surface area contributed by atoms with Crippen LogP contribution < -0.4 is 19.5 Å². The molecular formula is C22H28N2O7S. The van der Waals surface area contributed by atoms with Gasteiger partial charge in [-0.25, -0.2) is 8.42 Å². The van der Waals surface area contributed by atoms with Crippen LogP contribution in [0.2, 0.25) is 0 Å². The Bertz CT molecular complexity index is 1050. The Kier molecular flexibility index (Phi) is 7.94. The van der Waals surface area contributed by atoms with Crippen molar-refractivity contribution in [1.82, 2.24) is 9.62 Å². The van der Waals surface area contributed by atoms with Crippen molar-refractivity contribution in [2.75, 3.05) is 47.1 Å². The number of nitrogens with zero attached hydrogens (tertiary/aromatic N) is 1. The number of morpholine rings is 1. The SMILES string of the molecule is COc1ccc(CNC(=O)COc2ccc(S(=O)(=O)N3CCOCC3)cc2C)cc1OC. The summed E-state index contributed by atoms with van der Waals surface area (Å²) in [6.45, 7) is 3.30. The van der Waals surface area contributed by atoms with Crippen LogP contribution in [0, 0.1) is 6.92 Å². The lowest BCUT2D eigenvalue weighted by molar-refractivity contribution is -0.123. The molecule has 10 heteroatoms. The molecule has 2 aromatic carbocycles. The summed E-state index contributed by atoms with van der Waals surface area (Å²) in [6.07, 6.45) is 0. The molecular weight excluding hydrogens is 436 g/mol. The molecule has 1 N–H and O–H groups in total. The molecule has 1 heterocycles. The molecule has 2 aromatic rings. The third-order valence-corrected chi connectivity index (χ3v) is 6.95. The first-order valence-corrected chi connectivity index (χ1v) is 11.6. The van der Waals surface area contributed by atoms with Crippen LogP contribution in [0.5, 0.6) is 17.2 Å². The second kappa shape index (κ2) is 10.7. The molecule has 3 rings (SSSR count). The molecule has 1 saturated heterocycles. The van der Waals surface area contributed by atoms with Gasteiger partial charge in [0.25, 0.3) is 5.91 Å². The van der Waals surface area contributed by atoms with Gasteiger partial charge in [0, 0.05) is 19.6 Å². The molecule has 0 atom stereocenters. The highest BCUT2D eigenvalue weighted by atomic mass is 32.2. The van der Waals surface area contributed by atoms with E-state index >= 15 is 0 Å². The maximum atomic E-state index is 12.8. The molecule has 0 bridgehead atoms. The summed E-state index contributed by atoms with van der Waals surface area (Å²) >= 11 is 0. The van der Waals surface area contributed by atoms with Gasteiger partial charge in [0.15, 0.2) is 18.1 Å². The summed E-state index contributed by atoms with van der Waals surface area (Å²) in [5.74, 6) is 1.34. The van der Waals surface area contributed by atoms with E-state index in [0.717, 1.165) is 5.56 Å². The van der Waals surface area contributed by atoms with Crippen molar-refractivity contribution >= 4 is 15.9 Å². The van der Waals surface area contributed by atoms with Gasteiger partial charge in [0.2, 0.25) is 10.0 Å². The van der Waals surface area contributed by atoms with E-state index in [4.69, 9.17) is 18.9 Å². The van der Waals surface area contributed by atoms with Gasteiger partial charge in [0.05, 0.1) is 32.3 Å². The predicted molar refractivity (Wildman–Crippen MR) is 118 cm³/mol. The molecule has 0 spiro atoms. The van der Waals surface area contributed by atoms with Crippen LogP contribution in [-0.2, 0) is 26.1 Å². The molecule has 1 aliphatic rings. The monoisotopic (exact) mass is 464 g/mol. The quantitative estimate of drug-likeness (QED) is 0.603. The Morgan fingerprint density at radius 2 is 1.72 bits per heavy atom. The number of benzene rings is 2. The van der Waals surface area contributed by atoms with E-state index < -0.39 is 10.0 Å². The molecule has 9 nitrogen and oxygen atoms in total. The zero-order valence-electron chi connectivity index (χ0n) is 18.4. The summed E-state index contributed by atoms with van der Waals surface area (Å²) < 4.78 is 48.2. The molecule has 32 heavy (non-hydrogen) atoms. The van der Waals surface area contributed by atoms with Crippen LogP contribution in [-0.4, -0.2) is 65.8 Å². The molecule has 0 radical (unpaired) electrons. The molecule has 0 saturated carbocycles. The standard InChI is InChI=1S/C22H28N2O7S/c1-16-12-18(32(26,27)24-8-10-30-11-9-24)5-7-19(16)31-15-22(25)23-14-17-4-6-20(28-2)21(13-17)29-3/h4-7,12-13H,8-11,14-15H2,1-3H3,(H,23,25). The van der Waals surface area contributed by atoms with Crippen molar-refractivity contribution < 1.29 is 32.2 Å². The smallest absolute Gasteiger partial charge is 0.258 e. The van der Waals surface area contributed by atoms with Gasteiger partial charge in [-0.15, -0.1) is 0 Å². The first-order chi connectivity index (χ1) is 15.3. The predicted octanol–water partition coefficient (Wildman–Crippen LogP) is 1.73. The number of sulfonamides is 1. The summed E-state index contributed by atoms with van der Waals surface area (Å²) in [5, 5.41) is 2.78. The molecule has 0 unspecified atom stereocenters. The lowest BCUT2D eigenvalue weighted by Gasteiger charge is -2.26. The van der Waals surface area contributed by atoms with E-state index in [-0.39, 0.29) is 17.4 Å². The van der Waals surface area contributed by atoms with Crippen molar-refractivity contribution in [3.05, 3.63) is 47.5 Å². The van der Waals surface area contributed by atoms with Crippen molar-refractivity contribution in [3.63, 3.8) is 0 Å². The number of ether oxygens (including phenoxy) is 4. The van der Waals surface area contributed by atoms with E-state index in [2.05, 4.69) is 5.32 Å². The number of nitrogens with one attached hydrogen (secondary N) is 1. The number of carbonyl (C=O) groups excluding carboxylic acids is 1. The maximum Gasteiger partial charge on any atom is 0.258 e. The van der Waals surface area contributed by atoms with Crippen LogP contribution >= 0.6 is 0 Å². The van der Waals surface area contributed by atoms with Crippen LogP contribution in [0.4, 0.5) is 0 Å². The number of amides is 1. The van der Waals surface area contributed by atoms with Gasteiger partial charge in [-0.2, -0.15) is 4.31 Å². The topological polar surface area (TPSA) is 103 Å². The number of methoxy groups -OCH3 is 2. The highest BCUT2D eigenvalue weighted by molar-refractivity contribution is 7.89. The fourth-order valence-electron chi connectivity index (χ4n) is 3.27. The van der Waals surface area contributed by atoms with Crippen molar-refractivity contribution in [2.24, 2.45) is 0 Å². The van der Waals surface area contributed by atoms with Crippen LogP contribution in [0.15, 0.2) is 41.3 Å². The Labute approximate surface area is 188 Å². The molecule has 1 aliphatic heterocycles. The average molecular weight is 465 g/mol. The van der Waals surface area contributed by atoms with Gasteiger partial charge in [-0.1, -0.05) is 6.07 Å². The summed E-state index contributed by atoms with van der Waals surface area (Å²) in [5.41, 5.74) is 1.48. The van der Waals surface area contributed by atoms with Crippen molar-refractivity contribution in [3.8, 4) is 17.2 Å². The minimum atomic E-state index is -3.58. The van der Waals surface area contributed by atoms with Gasteiger partial charge >= 0.3 is 0 Å². The highest BCUT2D eigenvalue weighted by Crippen LogP contribution is 2.27.